The third-order valence-corrected chi connectivity index (χ3v) is 4.10. The van der Waals surface area contributed by atoms with Crippen LogP contribution in [0.5, 0.6) is 5.75 Å². The van der Waals surface area contributed by atoms with E-state index in [1.54, 1.807) is 0 Å². The van der Waals surface area contributed by atoms with Crippen LogP contribution in [0.3, 0.4) is 0 Å². The first-order valence-corrected chi connectivity index (χ1v) is 8.05. The van der Waals surface area contributed by atoms with Crippen LogP contribution in [0.1, 0.15) is 31.3 Å². The molecular formula is C18H23N3O. The van der Waals surface area contributed by atoms with E-state index in [2.05, 4.69) is 27.9 Å². The number of aryl methyl sites for hydroxylation is 2. The average Bonchev–Trinajstić information content (AvgIpc) is 3.02. The number of hydrogen-bond acceptors (Lipinski definition) is 4. The van der Waals surface area contributed by atoms with Gasteiger partial charge in [-0.15, -0.1) is 0 Å². The van der Waals surface area contributed by atoms with Gasteiger partial charge in [0, 0.05) is 18.3 Å². The van der Waals surface area contributed by atoms with Gasteiger partial charge in [0.25, 0.3) is 0 Å². The molecule has 4 heteroatoms. The van der Waals surface area contributed by atoms with Crippen molar-refractivity contribution in [3.8, 4) is 5.75 Å². The molecule has 3 rings (SSSR count). The highest BCUT2D eigenvalue weighted by Gasteiger charge is 2.26. The minimum Gasteiger partial charge on any atom is -0.491 e. The van der Waals surface area contributed by atoms with Crippen molar-refractivity contribution >= 4 is 5.82 Å². The van der Waals surface area contributed by atoms with Crippen LogP contribution < -0.4 is 9.64 Å². The molecule has 4 nitrogen and oxygen atoms in total. The highest BCUT2D eigenvalue weighted by atomic mass is 16.5. The van der Waals surface area contributed by atoms with Crippen molar-refractivity contribution in [2.24, 2.45) is 0 Å². The van der Waals surface area contributed by atoms with Gasteiger partial charge in [0.1, 0.15) is 24.0 Å². The van der Waals surface area contributed by atoms with E-state index in [1.165, 1.54) is 6.42 Å². The van der Waals surface area contributed by atoms with Gasteiger partial charge in [-0.2, -0.15) is 0 Å². The summed E-state index contributed by atoms with van der Waals surface area (Å²) in [4.78, 5) is 11.5. The van der Waals surface area contributed by atoms with Crippen LogP contribution >= 0.6 is 0 Å². The van der Waals surface area contributed by atoms with Gasteiger partial charge in [0.05, 0.1) is 6.04 Å². The SMILES string of the molecule is CCc1cc(N2CCCC2COc2ccccc2)nc(C)n1. The lowest BCUT2D eigenvalue weighted by Gasteiger charge is -2.26. The highest BCUT2D eigenvalue weighted by Crippen LogP contribution is 2.25. The first-order valence-electron chi connectivity index (χ1n) is 8.05. The molecule has 0 aliphatic carbocycles. The molecule has 1 aliphatic heterocycles. The number of benzene rings is 1. The molecule has 0 amide bonds. The normalized spacial score (nSPS) is 17.7. The van der Waals surface area contributed by atoms with Crippen molar-refractivity contribution in [3.05, 3.63) is 47.9 Å². The highest BCUT2D eigenvalue weighted by molar-refractivity contribution is 5.42. The number of aromatic nitrogens is 2. The molecule has 1 saturated heterocycles. The fourth-order valence-electron chi connectivity index (χ4n) is 2.96. The van der Waals surface area contributed by atoms with Crippen molar-refractivity contribution in [1.29, 1.82) is 0 Å². The average molecular weight is 297 g/mol. The molecule has 1 aromatic carbocycles. The van der Waals surface area contributed by atoms with Gasteiger partial charge in [0.2, 0.25) is 0 Å². The van der Waals surface area contributed by atoms with E-state index in [9.17, 15) is 0 Å². The first-order chi connectivity index (χ1) is 10.8. The zero-order valence-electron chi connectivity index (χ0n) is 13.3. The maximum Gasteiger partial charge on any atom is 0.132 e. The molecule has 1 aliphatic rings. The largest absolute Gasteiger partial charge is 0.491 e. The molecule has 0 bridgehead atoms. The molecule has 0 saturated carbocycles. The van der Waals surface area contributed by atoms with Gasteiger partial charge in [0.15, 0.2) is 0 Å². The lowest BCUT2D eigenvalue weighted by atomic mass is 10.2. The van der Waals surface area contributed by atoms with Crippen molar-refractivity contribution in [2.75, 3.05) is 18.1 Å². The monoisotopic (exact) mass is 297 g/mol. The molecule has 0 spiro atoms. The second-order valence-electron chi connectivity index (χ2n) is 5.73. The molecule has 22 heavy (non-hydrogen) atoms. The molecular weight excluding hydrogens is 274 g/mol. The molecule has 2 heterocycles. The Bertz CT molecular complexity index is 615. The van der Waals surface area contributed by atoms with E-state index in [0.29, 0.717) is 12.6 Å². The van der Waals surface area contributed by atoms with Crippen LogP contribution in [0.15, 0.2) is 36.4 Å². The van der Waals surface area contributed by atoms with Crippen molar-refractivity contribution < 1.29 is 4.74 Å². The summed E-state index contributed by atoms with van der Waals surface area (Å²) in [6.45, 7) is 5.84. The standard InChI is InChI=1S/C18H23N3O/c1-3-15-12-18(20-14(2)19-15)21-11-7-8-16(21)13-22-17-9-5-4-6-10-17/h4-6,9-10,12,16H,3,7-8,11,13H2,1-2H3. The third-order valence-electron chi connectivity index (χ3n) is 4.10. The summed E-state index contributed by atoms with van der Waals surface area (Å²) in [5, 5.41) is 0. The smallest absolute Gasteiger partial charge is 0.132 e. The van der Waals surface area contributed by atoms with Crippen molar-refractivity contribution in [2.45, 2.75) is 39.2 Å². The van der Waals surface area contributed by atoms with E-state index >= 15 is 0 Å². The number of ether oxygens (including phenoxy) is 1. The zero-order chi connectivity index (χ0) is 15.4. The lowest BCUT2D eigenvalue weighted by Crippen LogP contribution is -2.35. The van der Waals surface area contributed by atoms with Crippen LogP contribution in [0, 0.1) is 6.92 Å². The van der Waals surface area contributed by atoms with Gasteiger partial charge in [-0.05, 0) is 38.3 Å². The van der Waals surface area contributed by atoms with E-state index < -0.39 is 0 Å². The van der Waals surface area contributed by atoms with Gasteiger partial charge in [-0.3, -0.25) is 0 Å². The Balaban J connectivity index is 1.71. The summed E-state index contributed by atoms with van der Waals surface area (Å²) in [5.74, 6) is 2.83. The quantitative estimate of drug-likeness (QED) is 0.848. The van der Waals surface area contributed by atoms with Crippen LogP contribution in [0.2, 0.25) is 0 Å². The number of rotatable bonds is 5. The Hall–Kier alpha value is -2.10. The zero-order valence-corrected chi connectivity index (χ0v) is 13.3. The van der Waals surface area contributed by atoms with E-state index in [0.717, 1.165) is 42.5 Å². The van der Waals surface area contributed by atoms with Gasteiger partial charge in [-0.1, -0.05) is 25.1 Å². The van der Waals surface area contributed by atoms with Crippen LogP contribution in [-0.2, 0) is 6.42 Å². The maximum absolute atomic E-state index is 5.94. The summed E-state index contributed by atoms with van der Waals surface area (Å²) in [7, 11) is 0. The second kappa shape index (κ2) is 6.77. The Kier molecular flexibility index (Phi) is 4.56. The van der Waals surface area contributed by atoms with Crippen molar-refractivity contribution in [3.63, 3.8) is 0 Å². The van der Waals surface area contributed by atoms with Gasteiger partial charge >= 0.3 is 0 Å². The Morgan fingerprint density at radius 1 is 1.23 bits per heavy atom. The summed E-state index contributed by atoms with van der Waals surface area (Å²) in [5.41, 5.74) is 1.11. The number of anilines is 1. The third kappa shape index (κ3) is 3.38. The Morgan fingerprint density at radius 3 is 2.82 bits per heavy atom. The van der Waals surface area contributed by atoms with E-state index in [-0.39, 0.29) is 0 Å². The summed E-state index contributed by atoms with van der Waals surface area (Å²) in [6.07, 6.45) is 3.28. The lowest BCUT2D eigenvalue weighted by molar-refractivity contribution is 0.288. The first kappa shape index (κ1) is 14.8. The fraction of sp³-hybridized carbons (Fsp3) is 0.444. The fourth-order valence-corrected chi connectivity index (χ4v) is 2.96. The van der Waals surface area contributed by atoms with Gasteiger partial charge < -0.3 is 9.64 Å². The molecule has 1 aromatic heterocycles. The van der Waals surface area contributed by atoms with E-state index in [4.69, 9.17) is 4.74 Å². The summed E-state index contributed by atoms with van der Waals surface area (Å²) < 4.78 is 5.94. The Labute approximate surface area is 132 Å². The number of nitrogens with zero attached hydrogens (tertiary/aromatic N) is 3. The molecule has 2 aromatic rings. The minimum atomic E-state index is 0.388. The predicted molar refractivity (Wildman–Crippen MR) is 88.5 cm³/mol. The van der Waals surface area contributed by atoms with Crippen LogP contribution in [0.4, 0.5) is 5.82 Å². The number of hydrogen-bond donors (Lipinski definition) is 0. The molecule has 0 radical (unpaired) electrons. The predicted octanol–water partition coefficient (Wildman–Crippen LogP) is 3.40. The summed E-state index contributed by atoms with van der Waals surface area (Å²) in [6, 6.07) is 12.5. The van der Waals surface area contributed by atoms with E-state index in [1.807, 2.05) is 37.3 Å². The Morgan fingerprint density at radius 2 is 2.05 bits per heavy atom. The molecule has 1 fully saturated rings. The topological polar surface area (TPSA) is 38.2 Å². The molecule has 1 atom stereocenters. The van der Waals surface area contributed by atoms with Crippen LogP contribution in [0.25, 0.3) is 0 Å². The maximum atomic E-state index is 5.94. The van der Waals surface area contributed by atoms with Gasteiger partial charge in [-0.25, -0.2) is 9.97 Å². The molecule has 1 unspecified atom stereocenters. The molecule has 0 N–H and O–H groups in total. The van der Waals surface area contributed by atoms with Crippen molar-refractivity contribution in [1.82, 2.24) is 9.97 Å². The molecule has 116 valence electrons. The summed E-state index contributed by atoms with van der Waals surface area (Å²) >= 11 is 0. The second-order valence-corrected chi connectivity index (χ2v) is 5.73. The van der Waals surface area contributed by atoms with Crippen LogP contribution in [-0.4, -0.2) is 29.2 Å². The minimum absolute atomic E-state index is 0.388. The number of para-hydroxylation sites is 1.